The van der Waals surface area contributed by atoms with Crippen LogP contribution in [0.3, 0.4) is 0 Å². The second-order valence-corrected chi connectivity index (χ2v) is 7.96. The van der Waals surface area contributed by atoms with Gasteiger partial charge >= 0.3 is 5.97 Å². The summed E-state index contributed by atoms with van der Waals surface area (Å²) < 4.78 is 0. The Morgan fingerprint density at radius 3 is 1.50 bits per heavy atom. The van der Waals surface area contributed by atoms with E-state index in [4.69, 9.17) is 0 Å². The summed E-state index contributed by atoms with van der Waals surface area (Å²) in [6.45, 7) is 5.73. The molecule has 0 heterocycles. The summed E-state index contributed by atoms with van der Waals surface area (Å²) in [6.07, 6.45) is 18.4. The predicted molar refractivity (Wildman–Crippen MR) is 110 cm³/mol. The first-order chi connectivity index (χ1) is 12.5. The highest BCUT2D eigenvalue weighted by atomic mass is 16.4. The Kier molecular flexibility index (Phi) is 17.4. The van der Waals surface area contributed by atoms with Crippen LogP contribution in [-0.2, 0) is 4.79 Å². The summed E-state index contributed by atoms with van der Waals surface area (Å²) in [5, 5.41) is 21.6. The van der Waals surface area contributed by atoms with Crippen LogP contribution in [0.5, 0.6) is 0 Å². The molecule has 0 fully saturated rings. The molecule has 0 saturated heterocycles. The largest absolute Gasteiger partial charge is 0.481 e. The van der Waals surface area contributed by atoms with Crippen molar-refractivity contribution in [3.05, 3.63) is 0 Å². The fraction of sp³-hybridized carbons (Fsp3) is 0.955. The summed E-state index contributed by atoms with van der Waals surface area (Å²) in [4.78, 5) is 11.4. The molecule has 0 aromatic rings. The molecule has 3 unspecified atom stereocenters. The van der Waals surface area contributed by atoms with Crippen molar-refractivity contribution in [3.8, 4) is 0 Å². The minimum atomic E-state index is -0.764. The van der Waals surface area contributed by atoms with Gasteiger partial charge in [0.25, 0.3) is 0 Å². The van der Waals surface area contributed by atoms with Gasteiger partial charge in [0.05, 0.1) is 5.92 Å². The lowest BCUT2D eigenvalue weighted by atomic mass is 9.94. The Labute approximate surface area is 162 Å². The van der Waals surface area contributed by atoms with Crippen molar-refractivity contribution < 1.29 is 15.0 Å². The van der Waals surface area contributed by atoms with Crippen LogP contribution >= 0.6 is 0 Å². The van der Waals surface area contributed by atoms with Crippen molar-refractivity contribution in [3.63, 3.8) is 0 Å². The number of unbranched alkanes of at least 4 members (excludes halogenated alkanes) is 13. The van der Waals surface area contributed by atoms with Crippen LogP contribution in [0.15, 0.2) is 0 Å². The van der Waals surface area contributed by atoms with E-state index in [1.807, 2.05) is 6.92 Å². The Morgan fingerprint density at radius 1 is 0.769 bits per heavy atom. The van der Waals surface area contributed by atoms with Gasteiger partial charge in [-0.3, -0.25) is 10.1 Å². The van der Waals surface area contributed by atoms with Crippen LogP contribution in [0.25, 0.3) is 0 Å². The van der Waals surface area contributed by atoms with Gasteiger partial charge in [0.1, 0.15) is 6.23 Å². The third-order valence-electron chi connectivity index (χ3n) is 5.29. The molecule has 0 aliphatic carbocycles. The summed E-state index contributed by atoms with van der Waals surface area (Å²) in [5.74, 6) is -1.18. The third kappa shape index (κ3) is 15.6. The number of hydrogen-bond acceptors (Lipinski definition) is 3. The monoisotopic (exact) mass is 371 g/mol. The number of nitrogens with one attached hydrogen (secondary N) is 1. The Bertz CT molecular complexity index is 321. The molecule has 0 radical (unpaired) electrons. The van der Waals surface area contributed by atoms with E-state index in [1.54, 1.807) is 6.92 Å². The molecule has 0 rings (SSSR count). The van der Waals surface area contributed by atoms with Gasteiger partial charge in [0, 0.05) is 6.04 Å². The van der Waals surface area contributed by atoms with Gasteiger partial charge in [0.2, 0.25) is 0 Å². The fourth-order valence-corrected chi connectivity index (χ4v) is 3.64. The van der Waals surface area contributed by atoms with Gasteiger partial charge in [0.15, 0.2) is 0 Å². The second-order valence-electron chi connectivity index (χ2n) is 7.96. The molecule has 0 aromatic carbocycles. The van der Waals surface area contributed by atoms with Crippen molar-refractivity contribution in [1.29, 1.82) is 0 Å². The second kappa shape index (κ2) is 17.8. The highest BCUT2D eigenvalue weighted by Crippen LogP contribution is 2.17. The van der Waals surface area contributed by atoms with Crippen molar-refractivity contribution in [2.45, 2.75) is 129 Å². The number of carboxylic acid groups (broad SMARTS) is 1. The molecule has 0 spiro atoms. The summed E-state index contributed by atoms with van der Waals surface area (Å²) in [7, 11) is 0. The van der Waals surface area contributed by atoms with E-state index in [-0.39, 0.29) is 6.04 Å². The molecule has 0 bridgehead atoms. The van der Waals surface area contributed by atoms with Crippen molar-refractivity contribution in [2.75, 3.05) is 0 Å². The zero-order valence-corrected chi connectivity index (χ0v) is 17.6. The number of aliphatic carboxylic acids is 1. The molecule has 3 atom stereocenters. The molecule has 0 aliphatic heterocycles. The van der Waals surface area contributed by atoms with Gasteiger partial charge in [-0.05, 0) is 20.3 Å². The van der Waals surface area contributed by atoms with E-state index < -0.39 is 18.1 Å². The SMILES string of the molecule is CCCCCCCCCCCCCCCCC(C(=O)O)C(C)NC(C)O. The van der Waals surface area contributed by atoms with Crippen LogP contribution in [0, 0.1) is 5.92 Å². The van der Waals surface area contributed by atoms with Crippen LogP contribution in [0.4, 0.5) is 0 Å². The summed E-state index contributed by atoms with van der Waals surface area (Å²) in [6, 6.07) is -0.200. The number of carbonyl (C=O) groups is 1. The fourth-order valence-electron chi connectivity index (χ4n) is 3.64. The molecule has 0 saturated carbocycles. The molecule has 0 aliphatic rings. The van der Waals surface area contributed by atoms with Gasteiger partial charge in [-0.15, -0.1) is 0 Å². The lowest BCUT2D eigenvalue weighted by molar-refractivity contribution is -0.143. The lowest BCUT2D eigenvalue weighted by Gasteiger charge is -2.23. The Hall–Kier alpha value is -0.610. The van der Waals surface area contributed by atoms with E-state index in [9.17, 15) is 15.0 Å². The minimum Gasteiger partial charge on any atom is -0.481 e. The molecule has 0 aromatic heterocycles. The van der Waals surface area contributed by atoms with Crippen LogP contribution in [0.1, 0.15) is 117 Å². The standard InChI is InChI=1S/C22H45NO3/c1-4-5-6-7-8-9-10-11-12-13-14-15-16-17-18-21(22(25)26)19(2)23-20(3)24/h19-21,23-24H,4-18H2,1-3H3,(H,25,26). The first kappa shape index (κ1) is 25.4. The van der Waals surface area contributed by atoms with Gasteiger partial charge < -0.3 is 10.2 Å². The molecular formula is C22H45NO3. The Balaban J connectivity index is 3.47. The van der Waals surface area contributed by atoms with E-state index >= 15 is 0 Å². The van der Waals surface area contributed by atoms with Gasteiger partial charge in [-0.2, -0.15) is 0 Å². The molecule has 26 heavy (non-hydrogen) atoms. The molecule has 156 valence electrons. The normalized spacial score (nSPS) is 14.9. The molecule has 4 nitrogen and oxygen atoms in total. The summed E-state index contributed by atoms with van der Waals surface area (Å²) in [5.41, 5.74) is 0. The van der Waals surface area contributed by atoms with Crippen LogP contribution in [-0.4, -0.2) is 28.5 Å². The third-order valence-corrected chi connectivity index (χ3v) is 5.29. The Morgan fingerprint density at radius 2 is 1.15 bits per heavy atom. The van der Waals surface area contributed by atoms with Crippen molar-refractivity contribution in [1.82, 2.24) is 5.32 Å². The first-order valence-electron chi connectivity index (χ1n) is 11.2. The maximum Gasteiger partial charge on any atom is 0.308 e. The molecule has 4 heteroatoms. The van der Waals surface area contributed by atoms with E-state index in [0.29, 0.717) is 6.42 Å². The van der Waals surface area contributed by atoms with Gasteiger partial charge in [-0.1, -0.05) is 96.8 Å². The zero-order valence-electron chi connectivity index (χ0n) is 17.6. The number of aliphatic hydroxyl groups excluding tert-OH is 1. The smallest absolute Gasteiger partial charge is 0.308 e. The minimum absolute atomic E-state index is 0.200. The topological polar surface area (TPSA) is 69.6 Å². The number of rotatable bonds is 19. The first-order valence-corrected chi connectivity index (χ1v) is 11.2. The van der Waals surface area contributed by atoms with E-state index in [1.165, 1.54) is 77.0 Å². The number of hydrogen-bond donors (Lipinski definition) is 3. The molecule has 3 N–H and O–H groups in total. The van der Waals surface area contributed by atoms with Gasteiger partial charge in [-0.25, -0.2) is 0 Å². The van der Waals surface area contributed by atoms with Crippen molar-refractivity contribution in [2.24, 2.45) is 5.92 Å². The zero-order chi connectivity index (χ0) is 19.6. The van der Waals surface area contributed by atoms with E-state index in [0.717, 1.165) is 12.8 Å². The van der Waals surface area contributed by atoms with Crippen LogP contribution < -0.4 is 5.32 Å². The maximum absolute atomic E-state index is 11.4. The highest BCUT2D eigenvalue weighted by Gasteiger charge is 2.24. The predicted octanol–water partition coefficient (Wildman–Crippen LogP) is 5.88. The highest BCUT2D eigenvalue weighted by molar-refractivity contribution is 5.70. The van der Waals surface area contributed by atoms with Crippen molar-refractivity contribution >= 4 is 5.97 Å². The average Bonchev–Trinajstić information content (AvgIpc) is 2.57. The number of carboxylic acids is 1. The lowest BCUT2D eigenvalue weighted by Crippen LogP contribution is -2.42. The summed E-state index contributed by atoms with van der Waals surface area (Å²) >= 11 is 0. The van der Waals surface area contributed by atoms with Crippen LogP contribution in [0.2, 0.25) is 0 Å². The molecular weight excluding hydrogens is 326 g/mol. The quantitative estimate of drug-likeness (QED) is 0.196. The average molecular weight is 372 g/mol. The number of aliphatic hydroxyl groups is 1. The van der Waals surface area contributed by atoms with E-state index in [2.05, 4.69) is 12.2 Å². The molecule has 0 amide bonds. The maximum atomic E-state index is 11.4.